The zero-order valence-corrected chi connectivity index (χ0v) is 29.9. The van der Waals surface area contributed by atoms with Crippen LogP contribution in [0.25, 0.3) is 38.9 Å². The molecule has 0 saturated carbocycles. The number of nitrogens with zero attached hydrogens (tertiary/aromatic N) is 3. The Morgan fingerprint density at radius 3 is 1.96 bits per heavy atom. The Morgan fingerprint density at radius 2 is 1.21 bits per heavy atom. The molecule has 6 aromatic carbocycles. The molecule has 0 N–H and O–H groups in total. The molecule has 4 heterocycles. The van der Waals surface area contributed by atoms with Crippen molar-refractivity contribution in [1.29, 1.82) is 0 Å². The normalized spacial score (nSPS) is 13.1. The third-order valence-corrected chi connectivity index (χ3v) is 16.5. The molecule has 0 unspecified atom stereocenters. The molecule has 0 bridgehead atoms. The van der Waals surface area contributed by atoms with E-state index in [1.165, 1.54) is 41.4 Å². The molecule has 0 saturated heterocycles. The largest absolute Gasteiger partial charge is 0.457 e. The monoisotopic (exact) mass is 701 g/mol. The van der Waals surface area contributed by atoms with Crippen LogP contribution in [0, 0.1) is 0 Å². The van der Waals surface area contributed by atoms with E-state index < -0.39 is 8.07 Å². The molecule has 1 aliphatic heterocycles. The van der Waals surface area contributed by atoms with Gasteiger partial charge in [-0.2, -0.15) is 0 Å². The van der Waals surface area contributed by atoms with Crippen LogP contribution in [0.4, 0.5) is 0 Å². The van der Waals surface area contributed by atoms with Gasteiger partial charge in [-0.15, -0.1) is 0 Å². The zero-order chi connectivity index (χ0) is 34.5. The number of hydrogen-bond acceptors (Lipinski definition) is 4. The second-order valence-electron chi connectivity index (χ2n) is 13.0. The van der Waals surface area contributed by atoms with E-state index >= 15 is 0 Å². The predicted molar refractivity (Wildman–Crippen MR) is 216 cm³/mol. The second-order valence-corrected chi connectivity index (χ2v) is 17.8. The van der Waals surface area contributed by atoms with Crippen molar-refractivity contribution >= 4 is 62.4 Å². The number of benzene rings is 6. The van der Waals surface area contributed by atoms with E-state index in [9.17, 15) is 0 Å². The lowest BCUT2D eigenvalue weighted by Crippen LogP contribution is -2.76. The van der Waals surface area contributed by atoms with Gasteiger partial charge in [0.15, 0.2) is 8.07 Å². The van der Waals surface area contributed by atoms with Crippen LogP contribution in [-0.4, -0.2) is 22.6 Å². The molecule has 0 aliphatic carbocycles. The van der Waals surface area contributed by atoms with E-state index in [4.69, 9.17) is 9.72 Å². The third kappa shape index (κ3) is 4.83. The van der Waals surface area contributed by atoms with Crippen LogP contribution in [0.15, 0.2) is 198 Å². The van der Waals surface area contributed by atoms with Gasteiger partial charge >= 0.3 is 0 Å². The second kappa shape index (κ2) is 12.5. The number of fused-ring (bicyclic) bond motifs is 6. The lowest BCUT2D eigenvalue weighted by molar-refractivity contribution is 0.483. The zero-order valence-electron chi connectivity index (χ0n) is 28.1. The van der Waals surface area contributed by atoms with Crippen molar-refractivity contribution in [2.75, 3.05) is 0 Å². The minimum absolute atomic E-state index is 0.758. The van der Waals surface area contributed by atoms with Gasteiger partial charge in [-0.25, -0.2) is 4.98 Å². The van der Waals surface area contributed by atoms with Crippen LogP contribution < -0.4 is 25.5 Å². The molecule has 52 heavy (non-hydrogen) atoms. The summed E-state index contributed by atoms with van der Waals surface area (Å²) < 4.78 is 8.93. The number of hydrogen-bond donors (Lipinski definition) is 0. The van der Waals surface area contributed by atoms with Crippen molar-refractivity contribution in [2.45, 2.75) is 9.79 Å². The molecule has 0 radical (unpaired) electrons. The number of rotatable bonds is 6. The van der Waals surface area contributed by atoms with Gasteiger partial charge in [-0.05, 0) is 75.3 Å². The van der Waals surface area contributed by atoms with Gasteiger partial charge in [-0.3, -0.25) is 9.55 Å². The number of ether oxygens (including phenoxy) is 1. The Balaban J connectivity index is 1.24. The maximum Gasteiger partial charge on any atom is 0.181 e. The molecule has 246 valence electrons. The first kappa shape index (κ1) is 30.6. The van der Waals surface area contributed by atoms with Crippen molar-refractivity contribution in [3.05, 3.63) is 188 Å². The molecule has 0 atom stereocenters. The van der Waals surface area contributed by atoms with Gasteiger partial charge in [0, 0.05) is 44.6 Å². The average molecular weight is 702 g/mol. The third-order valence-electron chi connectivity index (χ3n) is 10.1. The van der Waals surface area contributed by atoms with Crippen LogP contribution in [0.2, 0.25) is 0 Å². The molecular weight excluding hydrogens is 671 g/mol. The molecule has 6 heteroatoms. The number of pyridine rings is 2. The maximum atomic E-state index is 6.58. The summed E-state index contributed by atoms with van der Waals surface area (Å²) in [7, 11) is -2.75. The lowest BCUT2D eigenvalue weighted by atomic mass is 10.1. The SMILES string of the molecule is c1ccc([Si]2(c3ccccc3)c3ccccc3Sc3c2ccc2c4ccc(Oc5cccc(-c6ccccn6)c5)cc4n(-c4ccccn4)c32)cc1. The molecule has 0 amide bonds. The van der Waals surface area contributed by atoms with E-state index in [1.807, 2.05) is 66.6 Å². The van der Waals surface area contributed by atoms with Crippen LogP contribution >= 0.6 is 11.8 Å². The van der Waals surface area contributed by atoms with Crippen LogP contribution in [0.1, 0.15) is 0 Å². The van der Waals surface area contributed by atoms with Gasteiger partial charge in [0.2, 0.25) is 0 Å². The number of aromatic nitrogens is 3. The van der Waals surface area contributed by atoms with Gasteiger partial charge < -0.3 is 4.74 Å². The minimum Gasteiger partial charge on any atom is -0.457 e. The average Bonchev–Trinajstić information content (AvgIpc) is 3.55. The molecule has 0 spiro atoms. The molecular formula is C46H31N3OSSi. The molecule has 10 rings (SSSR count). The highest BCUT2D eigenvalue weighted by Crippen LogP contribution is 2.43. The molecule has 4 nitrogen and oxygen atoms in total. The van der Waals surface area contributed by atoms with E-state index in [-0.39, 0.29) is 0 Å². The fourth-order valence-electron chi connectivity index (χ4n) is 7.92. The van der Waals surface area contributed by atoms with E-state index in [0.29, 0.717) is 0 Å². The molecule has 3 aromatic heterocycles. The summed E-state index contributed by atoms with van der Waals surface area (Å²) in [5.41, 5.74) is 4.14. The van der Waals surface area contributed by atoms with E-state index in [0.717, 1.165) is 39.5 Å². The summed E-state index contributed by atoms with van der Waals surface area (Å²) in [6.45, 7) is 0. The highest BCUT2D eigenvalue weighted by Gasteiger charge is 2.47. The van der Waals surface area contributed by atoms with E-state index in [1.54, 1.807) is 0 Å². The lowest BCUT2D eigenvalue weighted by Gasteiger charge is -2.40. The smallest absolute Gasteiger partial charge is 0.181 e. The summed E-state index contributed by atoms with van der Waals surface area (Å²) in [5.74, 6) is 2.39. The fourth-order valence-corrected chi connectivity index (χ4v) is 15.0. The van der Waals surface area contributed by atoms with Crippen molar-refractivity contribution in [1.82, 2.24) is 14.5 Å². The molecule has 1 aliphatic rings. The quantitative estimate of drug-likeness (QED) is 0.163. The van der Waals surface area contributed by atoms with Gasteiger partial charge in [0.05, 0.1) is 16.7 Å². The first-order chi connectivity index (χ1) is 25.8. The topological polar surface area (TPSA) is 39.9 Å². The van der Waals surface area contributed by atoms with Crippen LogP contribution in [0.3, 0.4) is 0 Å². The summed E-state index contributed by atoms with van der Waals surface area (Å²) in [6, 6.07) is 62.8. The minimum atomic E-state index is -2.75. The Hall–Kier alpha value is -6.21. The Kier molecular flexibility index (Phi) is 7.37. The summed E-state index contributed by atoms with van der Waals surface area (Å²) >= 11 is 1.88. The highest BCUT2D eigenvalue weighted by atomic mass is 32.2. The highest BCUT2D eigenvalue weighted by molar-refractivity contribution is 8.00. The van der Waals surface area contributed by atoms with Crippen molar-refractivity contribution in [2.24, 2.45) is 0 Å². The Morgan fingerprint density at radius 1 is 0.519 bits per heavy atom. The van der Waals surface area contributed by atoms with Crippen molar-refractivity contribution in [3.63, 3.8) is 0 Å². The Bertz CT molecular complexity index is 2700. The van der Waals surface area contributed by atoms with Gasteiger partial charge in [0.25, 0.3) is 0 Å². The van der Waals surface area contributed by atoms with E-state index in [2.05, 4.69) is 143 Å². The van der Waals surface area contributed by atoms with Crippen LogP contribution in [-0.2, 0) is 0 Å². The standard InChI is InChI=1S/C46H31N3OSSi/c1-3-16-35(17-4-1)52(36-18-5-2-6-19-36)42-22-8-7-21-41(42)51-46-43(52)27-26-38-37-25-24-34(31-40(37)49(45(38)46)44-23-10-12-29-48-44)50-33-15-13-14-32(30-33)39-20-9-11-28-47-39/h1-31H. The van der Waals surface area contributed by atoms with Crippen molar-refractivity contribution < 1.29 is 4.74 Å². The van der Waals surface area contributed by atoms with Crippen LogP contribution in [0.5, 0.6) is 11.5 Å². The molecule has 9 aromatic rings. The summed E-state index contributed by atoms with van der Waals surface area (Å²) in [4.78, 5) is 12.1. The predicted octanol–water partition coefficient (Wildman–Crippen LogP) is 8.88. The van der Waals surface area contributed by atoms with Crippen molar-refractivity contribution in [3.8, 4) is 28.6 Å². The first-order valence-electron chi connectivity index (χ1n) is 17.4. The summed E-state index contributed by atoms with van der Waals surface area (Å²) in [6.07, 6.45) is 3.69. The maximum absolute atomic E-state index is 6.58. The Labute approximate surface area is 307 Å². The summed E-state index contributed by atoms with van der Waals surface area (Å²) in [5, 5.41) is 7.91. The first-order valence-corrected chi connectivity index (χ1v) is 20.2. The van der Waals surface area contributed by atoms with Gasteiger partial charge in [0.1, 0.15) is 17.3 Å². The molecule has 0 fully saturated rings. The fraction of sp³-hybridized carbons (Fsp3) is 0. The van der Waals surface area contributed by atoms with Gasteiger partial charge in [-0.1, -0.05) is 127 Å².